The summed E-state index contributed by atoms with van der Waals surface area (Å²) in [7, 11) is 0. The van der Waals surface area contributed by atoms with Gasteiger partial charge in [-0.15, -0.1) is 11.3 Å². The first-order chi connectivity index (χ1) is 10.0. The first kappa shape index (κ1) is 15.3. The smallest absolute Gasteiger partial charge is 0.305 e. The molecule has 2 aromatic heterocycles. The summed E-state index contributed by atoms with van der Waals surface area (Å²) in [6.07, 6.45) is 3.72. The Labute approximate surface area is 127 Å². The Morgan fingerprint density at radius 3 is 2.57 bits per heavy atom. The number of carbonyl (C=O) groups excluding carboxylic acids is 1. The van der Waals surface area contributed by atoms with Gasteiger partial charge in [0.25, 0.3) is 5.91 Å². The predicted octanol–water partition coefficient (Wildman–Crippen LogP) is 2.86. The molecule has 21 heavy (non-hydrogen) atoms. The van der Waals surface area contributed by atoms with Gasteiger partial charge < -0.3 is 14.6 Å². The summed E-state index contributed by atoms with van der Waals surface area (Å²) in [6.45, 7) is 4.00. The molecule has 0 unspecified atom stereocenters. The van der Waals surface area contributed by atoms with Gasteiger partial charge >= 0.3 is 5.97 Å². The summed E-state index contributed by atoms with van der Waals surface area (Å²) in [4.78, 5) is 25.7. The van der Waals surface area contributed by atoms with E-state index in [-0.39, 0.29) is 24.9 Å². The molecule has 5 nitrogen and oxygen atoms in total. The maximum atomic E-state index is 12.7. The summed E-state index contributed by atoms with van der Waals surface area (Å²) >= 11 is 1.38. The van der Waals surface area contributed by atoms with Gasteiger partial charge in [-0.2, -0.15) is 0 Å². The molecule has 0 saturated heterocycles. The third-order valence-electron chi connectivity index (χ3n) is 3.17. The van der Waals surface area contributed by atoms with E-state index in [1.54, 1.807) is 4.90 Å². The van der Waals surface area contributed by atoms with Crippen LogP contribution in [0.3, 0.4) is 0 Å². The van der Waals surface area contributed by atoms with Crippen LogP contribution in [0.5, 0.6) is 0 Å². The lowest BCUT2D eigenvalue weighted by Gasteiger charge is -2.26. The molecule has 0 radical (unpaired) electrons. The summed E-state index contributed by atoms with van der Waals surface area (Å²) in [5.41, 5.74) is 0.830. The standard InChI is InChI=1S/C15H18N2O3S/c1-11(2)17(9-5-13(18)19)15(20)14-12(6-10-21-14)16-7-3-4-8-16/h3-4,6-8,10-11H,5,9H2,1-2H3,(H,18,19). The molecule has 0 aliphatic carbocycles. The number of nitrogens with zero attached hydrogens (tertiary/aromatic N) is 2. The van der Waals surface area contributed by atoms with Crippen molar-refractivity contribution in [3.05, 3.63) is 40.8 Å². The van der Waals surface area contributed by atoms with Crippen molar-refractivity contribution in [1.82, 2.24) is 9.47 Å². The largest absolute Gasteiger partial charge is 0.481 e. The second-order valence-electron chi connectivity index (χ2n) is 4.96. The van der Waals surface area contributed by atoms with Crippen LogP contribution in [0, 0.1) is 0 Å². The maximum absolute atomic E-state index is 12.7. The van der Waals surface area contributed by atoms with E-state index in [9.17, 15) is 9.59 Å². The number of hydrogen-bond acceptors (Lipinski definition) is 3. The molecule has 0 aliphatic rings. The molecule has 1 amide bonds. The summed E-state index contributed by atoms with van der Waals surface area (Å²) in [5.74, 6) is -1.02. The van der Waals surface area contributed by atoms with Crippen LogP contribution in [-0.2, 0) is 4.79 Å². The number of aromatic nitrogens is 1. The number of hydrogen-bond donors (Lipinski definition) is 1. The van der Waals surface area contributed by atoms with E-state index < -0.39 is 5.97 Å². The number of rotatable bonds is 6. The number of carbonyl (C=O) groups is 2. The van der Waals surface area contributed by atoms with Crippen molar-refractivity contribution in [1.29, 1.82) is 0 Å². The molecule has 2 heterocycles. The van der Waals surface area contributed by atoms with Gasteiger partial charge in [0, 0.05) is 25.0 Å². The zero-order valence-electron chi connectivity index (χ0n) is 12.0. The Balaban J connectivity index is 2.25. The molecule has 0 bridgehead atoms. The van der Waals surface area contributed by atoms with E-state index in [0.717, 1.165) is 5.69 Å². The molecule has 6 heteroatoms. The summed E-state index contributed by atoms with van der Waals surface area (Å²) in [5, 5.41) is 10.7. The average Bonchev–Trinajstić information content (AvgIpc) is 3.08. The van der Waals surface area contributed by atoms with E-state index in [1.165, 1.54) is 11.3 Å². The Morgan fingerprint density at radius 1 is 1.33 bits per heavy atom. The topological polar surface area (TPSA) is 62.5 Å². The highest BCUT2D eigenvalue weighted by Crippen LogP contribution is 2.24. The van der Waals surface area contributed by atoms with E-state index >= 15 is 0 Å². The Bertz CT molecular complexity index is 617. The fourth-order valence-electron chi connectivity index (χ4n) is 2.10. The van der Waals surface area contributed by atoms with Gasteiger partial charge in [-0.1, -0.05) is 0 Å². The Kier molecular flexibility index (Phi) is 4.80. The number of carboxylic acid groups (broad SMARTS) is 1. The second kappa shape index (κ2) is 6.58. The molecule has 0 atom stereocenters. The van der Waals surface area contributed by atoms with Gasteiger partial charge in [0.05, 0.1) is 12.1 Å². The van der Waals surface area contributed by atoms with Crippen molar-refractivity contribution in [2.45, 2.75) is 26.3 Å². The minimum atomic E-state index is -0.898. The fraction of sp³-hybridized carbons (Fsp3) is 0.333. The van der Waals surface area contributed by atoms with Gasteiger partial charge in [0.1, 0.15) is 4.88 Å². The van der Waals surface area contributed by atoms with Crippen LogP contribution in [0.4, 0.5) is 0 Å². The molecule has 0 fully saturated rings. The molecule has 1 N–H and O–H groups in total. The zero-order valence-corrected chi connectivity index (χ0v) is 12.8. The van der Waals surface area contributed by atoms with Crippen molar-refractivity contribution in [3.63, 3.8) is 0 Å². The lowest BCUT2D eigenvalue weighted by atomic mass is 10.2. The molecule has 2 rings (SSSR count). The van der Waals surface area contributed by atoms with Gasteiger partial charge in [-0.05, 0) is 37.4 Å². The molecular formula is C15H18N2O3S. The van der Waals surface area contributed by atoms with E-state index in [0.29, 0.717) is 4.88 Å². The van der Waals surface area contributed by atoms with Gasteiger partial charge in [0.15, 0.2) is 0 Å². The minimum absolute atomic E-state index is 0.0449. The van der Waals surface area contributed by atoms with Crippen LogP contribution in [-0.4, -0.2) is 39.0 Å². The number of thiophene rings is 1. The van der Waals surface area contributed by atoms with Crippen molar-refractivity contribution in [2.75, 3.05) is 6.54 Å². The molecule has 2 aromatic rings. The van der Waals surface area contributed by atoms with Crippen LogP contribution in [0.2, 0.25) is 0 Å². The van der Waals surface area contributed by atoms with Crippen LogP contribution in [0.25, 0.3) is 5.69 Å². The van der Waals surface area contributed by atoms with Crippen molar-refractivity contribution >= 4 is 23.2 Å². The lowest BCUT2D eigenvalue weighted by molar-refractivity contribution is -0.137. The highest BCUT2D eigenvalue weighted by Gasteiger charge is 2.23. The lowest BCUT2D eigenvalue weighted by Crippen LogP contribution is -2.38. The van der Waals surface area contributed by atoms with Crippen molar-refractivity contribution in [3.8, 4) is 5.69 Å². The quantitative estimate of drug-likeness (QED) is 0.892. The van der Waals surface area contributed by atoms with E-state index in [1.807, 2.05) is 54.4 Å². The maximum Gasteiger partial charge on any atom is 0.305 e. The number of aliphatic carboxylic acids is 1. The molecule has 0 spiro atoms. The molecule has 0 aliphatic heterocycles. The predicted molar refractivity (Wildman–Crippen MR) is 82.1 cm³/mol. The van der Waals surface area contributed by atoms with E-state index in [2.05, 4.69) is 0 Å². The highest BCUT2D eigenvalue weighted by molar-refractivity contribution is 7.12. The number of carboxylic acids is 1. The van der Waals surface area contributed by atoms with Crippen LogP contribution >= 0.6 is 11.3 Å². The van der Waals surface area contributed by atoms with Gasteiger partial charge in [-0.25, -0.2) is 0 Å². The van der Waals surface area contributed by atoms with E-state index in [4.69, 9.17) is 5.11 Å². The Hall–Kier alpha value is -2.08. The third kappa shape index (κ3) is 3.52. The van der Waals surface area contributed by atoms with Crippen molar-refractivity contribution in [2.24, 2.45) is 0 Å². The normalized spacial score (nSPS) is 10.8. The van der Waals surface area contributed by atoms with Crippen LogP contribution in [0.1, 0.15) is 29.9 Å². The van der Waals surface area contributed by atoms with Gasteiger partial charge in [0.2, 0.25) is 0 Å². The van der Waals surface area contributed by atoms with Crippen LogP contribution in [0.15, 0.2) is 36.0 Å². The molecule has 0 saturated carbocycles. The summed E-state index contributed by atoms with van der Waals surface area (Å²) < 4.78 is 1.89. The molecule has 112 valence electrons. The monoisotopic (exact) mass is 306 g/mol. The first-order valence-corrected chi connectivity index (χ1v) is 7.62. The first-order valence-electron chi connectivity index (χ1n) is 6.74. The van der Waals surface area contributed by atoms with Crippen LogP contribution < -0.4 is 0 Å². The highest BCUT2D eigenvalue weighted by atomic mass is 32.1. The zero-order chi connectivity index (χ0) is 15.4. The molecular weight excluding hydrogens is 288 g/mol. The van der Waals surface area contributed by atoms with Gasteiger partial charge in [-0.3, -0.25) is 9.59 Å². The molecule has 0 aromatic carbocycles. The third-order valence-corrected chi connectivity index (χ3v) is 4.06. The average molecular weight is 306 g/mol. The number of amides is 1. The second-order valence-corrected chi connectivity index (χ2v) is 5.88. The SMILES string of the molecule is CC(C)N(CCC(=O)O)C(=O)c1sccc1-n1cccc1. The minimum Gasteiger partial charge on any atom is -0.481 e. The Morgan fingerprint density at radius 2 is 2.00 bits per heavy atom. The van der Waals surface area contributed by atoms with Crippen molar-refractivity contribution < 1.29 is 14.7 Å². The fourth-order valence-corrected chi connectivity index (χ4v) is 2.95. The summed E-state index contributed by atoms with van der Waals surface area (Å²) in [6, 6.07) is 5.65.